The summed E-state index contributed by atoms with van der Waals surface area (Å²) in [5, 5.41) is 4.24. The second-order valence-corrected chi connectivity index (χ2v) is 3.53. The van der Waals surface area contributed by atoms with Gasteiger partial charge in [-0.05, 0) is 17.5 Å². The highest BCUT2D eigenvalue weighted by atomic mass is 16.5. The maximum absolute atomic E-state index is 11.7. The van der Waals surface area contributed by atoms with Crippen LogP contribution in [-0.2, 0) is 9.53 Å². The van der Waals surface area contributed by atoms with Crippen LogP contribution >= 0.6 is 0 Å². The SMILES string of the molecule is COC(=O)CNc1cc2ccccc2c(=O)[nH]1. The van der Waals surface area contributed by atoms with Crippen LogP contribution in [0.4, 0.5) is 5.82 Å². The number of anilines is 1. The van der Waals surface area contributed by atoms with E-state index in [4.69, 9.17) is 0 Å². The summed E-state index contributed by atoms with van der Waals surface area (Å²) < 4.78 is 4.50. The summed E-state index contributed by atoms with van der Waals surface area (Å²) in [6.45, 7) is 0.0186. The summed E-state index contributed by atoms with van der Waals surface area (Å²) in [5.41, 5.74) is -0.185. The molecule has 0 amide bonds. The molecule has 2 N–H and O–H groups in total. The molecule has 0 fully saturated rings. The smallest absolute Gasteiger partial charge is 0.325 e. The van der Waals surface area contributed by atoms with Crippen LogP contribution in [0.5, 0.6) is 0 Å². The van der Waals surface area contributed by atoms with Gasteiger partial charge in [-0.1, -0.05) is 18.2 Å². The number of esters is 1. The summed E-state index contributed by atoms with van der Waals surface area (Å²) in [7, 11) is 1.31. The first-order valence-corrected chi connectivity index (χ1v) is 5.13. The largest absolute Gasteiger partial charge is 0.468 e. The van der Waals surface area contributed by atoms with Gasteiger partial charge in [-0.25, -0.2) is 0 Å². The highest BCUT2D eigenvalue weighted by Gasteiger charge is 2.03. The molecule has 0 saturated carbocycles. The average molecular weight is 232 g/mol. The number of hydrogen-bond acceptors (Lipinski definition) is 4. The number of methoxy groups -OCH3 is 1. The molecule has 0 saturated heterocycles. The monoisotopic (exact) mass is 232 g/mol. The fraction of sp³-hybridized carbons (Fsp3) is 0.167. The molecule has 2 rings (SSSR count). The van der Waals surface area contributed by atoms with Crippen LogP contribution in [0.3, 0.4) is 0 Å². The van der Waals surface area contributed by atoms with Gasteiger partial charge in [0, 0.05) is 5.39 Å². The van der Waals surface area contributed by atoms with Gasteiger partial charge < -0.3 is 15.0 Å². The molecule has 0 aliphatic heterocycles. The Kier molecular flexibility index (Phi) is 3.09. The molecule has 1 aromatic carbocycles. The molecule has 0 aliphatic carbocycles. The number of benzene rings is 1. The number of ether oxygens (including phenoxy) is 1. The van der Waals surface area contributed by atoms with Gasteiger partial charge in [0.25, 0.3) is 5.56 Å². The number of nitrogens with one attached hydrogen (secondary N) is 2. The third-order valence-corrected chi connectivity index (χ3v) is 2.40. The number of aromatic amines is 1. The van der Waals surface area contributed by atoms with Crippen LogP contribution in [0, 0.1) is 0 Å². The zero-order chi connectivity index (χ0) is 12.3. The Hall–Kier alpha value is -2.30. The van der Waals surface area contributed by atoms with Gasteiger partial charge in [0.05, 0.1) is 7.11 Å². The number of H-pyrrole nitrogens is 1. The van der Waals surface area contributed by atoms with Gasteiger partial charge in [0.2, 0.25) is 0 Å². The van der Waals surface area contributed by atoms with Crippen molar-refractivity contribution in [3.05, 3.63) is 40.7 Å². The zero-order valence-corrected chi connectivity index (χ0v) is 9.32. The second kappa shape index (κ2) is 4.69. The molecule has 0 atom stereocenters. The van der Waals surface area contributed by atoms with Crippen molar-refractivity contribution in [3.63, 3.8) is 0 Å². The van der Waals surface area contributed by atoms with Gasteiger partial charge in [-0.15, -0.1) is 0 Å². The number of carbonyl (C=O) groups is 1. The molecular weight excluding hydrogens is 220 g/mol. The molecule has 0 spiro atoms. The van der Waals surface area contributed by atoms with Crippen LogP contribution in [0.2, 0.25) is 0 Å². The Morgan fingerprint density at radius 2 is 2.18 bits per heavy atom. The van der Waals surface area contributed by atoms with Crippen LogP contribution in [0.1, 0.15) is 0 Å². The second-order valence-electron chi connectivity index (χ2n) is 3.53. The summed E-state index contributed by atoms with van der Waals surface area (Å²) in [4.78, 5) is 25.3. The molecular formula is C12H12N2O3. The molecule has 5 heteroatoms. The minimum absolute atomic E-state index is 0.0186. The number of pyridine rings is 1. The third-order valence-electron chi connectivity index (χ3n) is 2.40. The van der Waals surface area contributed by atoms with E-state index in [9.17, 15) is 9.59 Å². The van der Waals surface area contributed by atoms with Crippen LogP contribution in [-0.4, -0.2) is 24.6 Å². The molecule has 1 heterocycles. The maximum atomic E-state index is 11.7. The molecule has 88 valence electrons. The molecule has 1 aromatic heterocycles. The fourth-order valence-electron chi connectivity index (χ4n) is 1.55. The van der Waals surface area contributed by atoms with E-state index in [1.165, 1.54) is 7.11 Å². The van der Waals surface area contributed by atoms with E-state index in [0.29, 0.717) is 11.2 Å². The number of hydrogen-bond donors (Lipinski definition) is 2. The van der Waals surface area contributed by atoms with E-state index in [1.54, 1.807) is 18.2 Å². The molecule has 2 aromatic rings. The predicted octanol–water partition coefficient (Wildman–Crippen LogP) is 1.11. The van der Waals surface area contributed by atoms with E-state index in [-0.39, 0.29) is 18.1 Å². The van der Waals surface area contributed by atoms with Crippen molar-refractivity contribution in [2.45, 2.75) is 0 Å². The summed E-state index contributed by atoms with van der Waals surface area (Å²) in [5.74, 6) is 0.109. The van der Waals surface area contributed by atoms with Crippen LogP contribution in [0.25, 0.3) is 10.8 Å². The van der Waals surface area contributed by atoms with Crippen molar-refractivity contribution in [3.8, 4) is 0 Å². The number of aromatic nitrogens is 1. The predicted molar refractivity (Wildman–Crippen MR) is 65.1 cm³/mol. The van der Waals surface area contributed by atoms with Crippen molar-refractivity contribution in [1.82, 2.24) is 4.98 Å². The highest BCUT2D eigenvalue weighted by molar-refractivity contribution is 5.84. The van der Waals surface area contributed by atoms with Crippen molar-refractivity contribution < 1.29 is 9.53 Å². The molecule has 0 aliphatic rings. The number of carbonyl (C=O) groups excluding carboxylic acids is 1. The van der Waals surface area contributed by atoms with Gasteiger partial charge in [0.1, 0.15) is 12.4 Å². The Morgan fingerprint density at radius 1 is 1.41 bits per heavy atom. The Morgan fingerprint density at radius 3 is 2.94 bits per heavy atom. The van der Waals surface area contributed by atoms with Gasteiger partial charge in [0.15, 0.2) is 0 Å². The lowest BCUT2D eigenvalue weighted by Crippen LogP contribution is -2.18. The van der Waals surface area contributed by atoms with Gasteiger partial charge in [-0.2, -0.15) is 0 Å². The lowest BCUT2D eigenvalue weighted by molar-refractivity contribution is -0.138. The van der Waals surface area contributed by atoms with Crippen molar-refractivity contribution in [1.29, 1.82) is 0 Å². The van der Waals surface area contributed by atoms with E-state index in [1.807, 2.05) is 12.1 Å². The van der Waals surface area contributed by atoms with Crippen molar-refractivity contribution >= 4 is 22.6 Å². The van der Waals surface area contributed by atoms with E-state index in [0.717, 1.165) is 5.39 Å². The van der Waals surface area contributed by atoms with Crippen LogP contribution < -0.4 is 10.9 Å². The topological polar surface area (TPSA) is 71.2 Å². The van der Waals surface area contributed by atoms with Gasteiger partial charge in [-0.3, -0.25) is 9.59 Å². The summed E-state index contributed by atoms with van der Waals surface area (Å²) in [6, 6.07) is 9.02. The lowest BCUT2D eigenvalue weighted by Gasteiger charge is -2.05. The first kappa shape index (κ1) is 11.2. The minimum Gasteiger partial charge on any atom is -0.468 e. The minimum atomic E-state index is -0.390. The highest BCUT2D eigenvalue weighted by Crippen LogP contribution is 2.12. The Labute approximate surface area is 97.4 Å². The third kappa shape index (κ3) is 2.44. The average Bonchev–Trinajstić information content (AvgIpc) is 2.36. The summed E-state index contributed by atoms with van der Waals surface area (Å²) in [6.07, 6.45) is 0. The molecule has 0 radical (unpaired) electrons. The molecule has 0 unspecified atom stereocenters. The lowest BCUT2D eigenvalue weighted by atomic mass is 10.2. The van der Waals surface area contributed by atoms with Gasteiger partial charge >= 0.3 is 5.97 Å². The quantitative estimate of drug-likeness (QED) is 0.778. The standard InChI is InChI=1S/C12H12N2O3/c1-17-11(15)7-13-10-6-8-4-2-3-5-9(8)12(16)14-10/h2-6H,7H2,1H3,(H2,13,14,16). The van der Waals surface area contributed by atoms with Crippen molar-refractivity contribution in [2.75, 3.05) is 19.0 Å². The van der Waals surface area contributed by atoms with Crippen molar-refractivity contribution in [2.24, 2.45) is 0 Å². The number of fused-ring (bicyclic) bond motifs is 1. The first-order valence-electron chi connectivity index (χ1n) is 5.13. The first-order chi connectivity index (χ1) is 8.20. The van der Waals surface area contributed by atoms with Crippen LogP contribution in [0.15, 0.2) is 35.1 Å². The zero-order valence-electron chi connectivity index (χ0n) is 9.32. The maximum Gasteiger partial charge on any atom is 0.325 e. The molecule has 0 bridgehead atoms. The number of rotatable bonds is 3. The fourth-order valence-corrected chi connectivity index (χ4v) is 1.55. The summed E-state index contributed by atoms with van der Waals surface area (Å²) >= 11 is 0. The molecule has 17 heavy (non-hydrogen) atoms. The normalized spacial score (nSPS) is 10.2. The van der Waals surface area contributed by atoms with E-state index < -0.39 is 0 Å². The molecule has 5 nitrogen and oxygen atoms in total. The van der Waals surface area contributed by atoms with E-state index in [2.05, 4.69) is 15.0 Å². The Bertz CT molecular complexity index is 604. The Balaban J connectivity index is 2.31. The van der Waals surface area contributed by atoms with E-state index >= 15 is 0 Å².